The second-order valence-electron chi connectivity index (χ2n) is 10.5. The molecule has 29 heavy (non-hydrogen) atoms. The van der Waals surface area contributed by atoms with Crippen molar-refractivity contribution in [2.45, 2.75) is 96.7 Å². The van der Waals surface area contributed by atoms with Gasteiger partial charge in [-0.1, -0.05) is 86.1 Å². The maximum absolute atomic E-state index is 11.4. The molecule has 0 aliphatic heterocycles. The summed E-state index contributed by atoms with van der Waals surface area (Å²) < 4.78 is 0. The van der Waals surface area contributed by atoms with Gasteiger partial charge in [0.2, 0.25) is 0 Å². The van der Waals surface area contributed by atoms with E-state index in [1.807, 2.05) is 12.2 Å². The van der Waals surface area contributed by atoms with Crippen LogP contribution in [0.4, 0.5) is 0 Å². The van der Waals surface area contributed by atoms with Gasteiger partial charge < -0.3 is 10.2 Å². The molecular weight excluding hydrogens is 356 g/mol. The molecule has 4 atom stereocenters. The predicted octanol–water partition coefficient (Wildman–Crippen LogP) is 6.26. The van der Waals surface area contributed by atoms with Gasteiger partial charge in [0.15, 0.2) is 0 Å². The molecule has 0 bridgehead atoms. The maximum atomic E-state index is 11.4. The first kappa shape index (κ1) is 21.1. The average Bonchev–Trinajstić information content (AvgIpc) is 2.74. The molecule has 0 spiro atoms. The molecular formula is C27H40O2. The Labute approximate surface area is 177 Å². The lowest BCUT2D eigenvalue weighted by atomic mass is 9.51. The molecule has 4 rings (SSSR count). The average molecular weight is 397 g/mol. The van der Waals surface area contributed by atoms with Crippen LogP contribution in [0, 0.1) is 22.7 Å². The van der Waals surface area contributed by atoms with Gasteiger partial charge in [-0.2, -0.15) is 0 Å². The highest BCUT2D eigenvalue weighted by molar-refractivity contribution is 5.35. The Balaban J connectivity index is 1.79. The van der Waals surface area contributed by atoms with Crippen LogP contribution in [-0.2, 0) is 0 Å². The Morgan fingerprint density at radius 2 is 1.07 bits per heavy atom. The summed E-state index contributed by atoms with van der Waals surface area (Å²) in [6, 6.07) is 0. The van der Waals surface area contributed by atoms with Crippen molar-refractivity contribution in [3.63, 3.8) is 0 Å². The highest BCUT2D eigenvalue weighted by Gasteiger charge is 2.53. The Morgan fingerprint density at radius 1 is 0.690 bits per heavy atom. The summed E-state index contributed by atoms with van der Waals surface area (Å²) in [4.78, 5) is 0. The van der Waals surface area contributed by atoms with Crippen LogP contribution in [0.2, 0.25) is 0 Å². The zero-order valence-corrected chi connectivity index (χ0v) is 18.4. The standard InChI is InChI=1S/C27H40O2/c1-20-13-15-24(28)26(17-20,22-9-5-3-6-10-22)19-27(23-11-7-4-8-12-23)18-21(2)14-16-25(27)29/h13-18,22-25,28-29H,3-12,19H2,1-2H3. The Kier molecular flexibility index (Phi) is 6.23. The molecule has 0 radical (unpaired) electrons. The van der Waals surface area contributed by atoms with E-state index in [0.29, 0.717) is 11.8 Å². The first-order valence-electron chi connectivity index (χ1n) is 12.1. The van der Waals surface area contributed by atoms with E-state index in [2.05, 4.69) is 38.2 Å². The molecule has 0 heterocycles. The Morgan fingerprint density at radius 3 is 1.45 bits per heavy atom. The number of hydrogen-bond donors (Lipinski definition) is 2. The minimum absolute atomic E-state index is 0.264. The normalized spacial score (nSPS) is 39.3. The summed E-state index contributed by atoms with van der Waals surface area (Å²) in [5, 5.41) is 22.9. The van der Waals surface area contributed by atoms with Crippen molar-refractivity contribution in [2.24, 2.45) is 22.7 Å². The van der Waals surface area contributed by atoms with Crippen molar-refractivity contribution in [1.29, 1.82) is 0 Å². The van der Waals surface area contributed by atoms with Crippen molar-refractivity contribution in [2.75, 3.05) is 0 Å². The van der Waals surface area contributed by atoms with Crippen molar-refractivity contribution < 1.29 is 10.2 Å². The summed E-state index contributed by atoms with van der Waals surface area (Å²) in [5.41, 5.74) is 2.00. The molecule has 0 amide bonds. The van der Waals surface area contributed by atoms with E-state index in [4.69, 9.17) is 0 Å². The first-order valence-corrected chi connectivity index (χ1v) is 12.1. The number of aliphatic hydroxyl groups excluding tert-OH is 2. The van der Waals surface area contributed by atoms with Crippen LogP contribution < -0.4 is 0 Å². The van der Waals surface area contributed by atoms with Crippen LogP contribution in [0.15, 0.2) is 47.6 Å². The molecule has 2 saturated carbocycles. The van der Waals surface area contributed by atoms with E-state index in [1.54, 1.807) is 0 Å². The number of hydrogen-bond acceptors (Lipinski definition) is 2. The first-order chi connectivity index (χ1) is 14.0. The minimum atomic E-state index is -0.457. The third-order valence-electron chi connectivity index (χ3n) is 8.52. The molecule has 0 aromatic heterocycles. The molecule has 160 valence electrons. The van der Waals surface area contributed by atoms with Gasteiger partial charge in [0.05, 0.1) is 12.2 Å². The molecule has 2 nitrogen and oxygen atoms in total. The second-order valence-corrected chi connectivity index (χ2v) is 10.5. The maximum Gasteiger partial charge on any atom is 0.0817 e. The Hall–Kier alpha value is -1.12. The van der Waals surface area contributed by atoms with E-state index < -0.39 is 12.2 Å². The van der Waals surface area contributed by atoms with Gasteiger partial charge >= 0.3 is 0 Å². The largest absolute Gasteiger partial charge is 0.388 e. The SMILES string of the molecule is CC1=CC(CC2(C3CCCCC3)C=C(C)C=CC2O)(C2CCCCC2)C(O)C=C1. The molecule has 2 heteroatoms. The van der Waals surface area contributed by atoms with Crippen LogP contribution in [0.3, 0.4) is 0 Å². The van der Waals surface area contributed by atoms with Gasteiger partial charge in [0, 0.05) is 10.8 Å². The van der Waals surface area contributed by atoms with Crippen molar-refractivity contribution in [1.82, 2.24) is 0 Å². The van der Waals surface area contributed by atoms with Gasteiger partial charge in [-0.05, 0) is 57.8 Å². The van der Waals surface area contributed by atoms with Gasteiger partial charge in [-0.25, -0.2) is 0 Å². The molecule has 4 unspecified atom stereocenters. The van der Waals surface area contributed by atoms with Crippen LogP contribution >= 0.6 is 0 Å². The van der Waals surface area contributed by atoms with Crippen molar-refractivity contribution >= 4 is 0 Å². The topological polar surface area (TPSA) is 40.5 Å². The molecule has 4 aliphatic rings. The molecule has 4 aliphatic carbocycles. The van der Waals surface area contributed by atoms with E-state index in [-0.39, 0.29) is 10.8 Å². The van der Waals surface area contributed by atoms with Gasteiger partial charge in [-0.3, -0.25) is 0 Å². The van der Waals surface area contributed by atoms with Gasteiger partial charge in [-0.15, -0.1) is 0 Å². The predicted molar refractivity (Wildman–Crippen MR) is 120 cm³/mol. The highest BCUT2D eigenvalue weighted by atomic mass is 16.3. The quantitative estimate of drug-likeness (QED) is 0.588. The summed E-state index contributed by atoms with van der Waals surface area (Å²) in [6.07, 6.45) is 25.5. The fourth-order valence-corrected chi connectivity index (χ4v) is 7.09. The van der Waals surface area contributed by atoms with Crippen molar-refractivity contribution in [3.8, 4) is 0 Å². The minimum Gasteiger partial charge on any atom is -0.388 e. The zero-order chi connectivity index (χ0) is 20.5. The van der Waals surface area contributed by atoms with Crippen LogP contribution in [0.25, 0.3) is 0 Å². The molecule has 0 saturated heterocycles. The zero-order valence-electron chi connectivity index (χ0n) is 18.4. The number of rotatable bonds is 4. The third-order valence-corrected chi connectivity index (χ3v) is 8.52. The molecule has 2 N–H and O–H groups in total. The van der Waals surface area contributed by atoms with E-state index in [9.17, 15) is 10.2 Å². The fraction of sp³-hybridized carbons (Fsp3) is 0.704. The number of allylic oxidation sites excluding steroid dienone is 4. The fourth-order valence-electron chi connectivity index (χ4n) is 7.09. The monoisotopic (exact) mass is 396 g/mol. The smallest absolute Gasteiger partial charge is 0.0817 e. The van der Waals surface area contributed by atoms with Gasteiger partial charge in [0.1, 0.15) is 0 Å². The molecule has 2 fully saturated rings. The summed E-state index contributed by atoms with van der Waals surface area (Å²) in [5.74, 6) is 0.997. The lowest BCUT2D eigenvalue weighted by Gasteiger charge is -2.54. The molecule has 0 aromatic rings. The van der Waals surface area contributed by atoms with Gasteiger partial charge in [0.25, 0.3) is 0 Å². The lowest BCUT2D eigenvalue weighted by molar-refractivity contribution is -0.0553. The summed E-state index contributed by atoms with van der Waals surface area (Å²) in [7, 11) is 0. The van der Waals surface area contributed by atoms with E-state index in [1.165, 1.54) is 75.4 Å². The summed E-state index contributed by atoms with van der Waals surface area (Å²) in [6.45, 7) is 4.34. The van der Waals surface area contributed by atoms with Crippen LogP contribution in [-0.4, -0.2) is 22.4 Å². The van der Waals surface area contributed by atoms with Crippen molar-refractivity contribution in [3.05, 3.63) is 47.6 Å². The van der Waals surface area contributed by atoms with Crippen LogP contribution in [0.1, 0.15) is 84.5 Å². The van der Waals surface area contributed by atoms with E-state index in [0.717, 1.165) is 6.42 Å². The third kappa shape index (κ3) is 3.95. The number of aliphatic hydroxyl groups is 2. The summed E-state index contributed by atoms with van der Waals surface area (Å²) >= 11 is 0. The highest BCUT2D eigenvalue weighted by Crippen LogP contribution is 2.57. The second kappa shape index (κ2) is 8.55. The van der Waals surface area contributed by atoms with E-state index >= 15 is 0 Å². The van der Waals surface area contributed by atoms with Crippen LogP contribution in [0.5, 0.6) is 0 Å². The lowest BCUT2D eigenvalue weighted by Crippen LogP contribution is -2.51. The molecule has 0 aromatic carbocycles. The Bertz CT molecular complexity index is 642.